The van der Waals surface area contributed by atoms with Crippen molar-refractivity contribution in [1.29, 1.82) is 0 Å². The van der Waals surface area contributed by atoms with Crippen LogP contribution < -0.4 is 16.4 Å². The van der Waals surface area contributed by atoms with E-state index in [-0.39, 0.29) is 33.2 Å². The van der Waals surface area contributed by atoms with Gasteiger partial charge in [-0.25, -0.2) is 28.7 Å². The molecule has 0 bridgehead atoms. The monoisotopic (exact) mass is 1310 g/mol. The molecular weight excluding hydrogens is 1230 g/mol. The number of aromatic nitrogens is 12. The quantitative estimate of drug-likeness (QED) is 0.157. The van der Waals surface area contributed by atoms with Crippen LogP contribution in [0.5, 0.6) is 0 Å². The molecule has 0 atom stereocenters. The lowest BCUT2D eigenvalue weighted by molar-refractivity contribution is 0.570. The van der Waals surface area contributed by atoms with Gasteiger partial charge in [0.1, 0.15) is 34.9 Å². The molecule has 0 saturated carbocycles. The van der Waals surface area contributed by atoms with Crippen LogP contribution in [0.2, 0.25) is 0 Å². The molecule has 0 aliphatic heterocycles. The van der Waals surface area contributed by atoms with Crippen LogP contribution in [0.25, 0.3) is 110 Å². The van der Waals surface area contributed by atoms with Gasteiger partial charge in [-0.05, 0) is 121 Å². The number of nitrogens with two attached hydrogens (primary N) is 2. The number of nitrogens with zero attached hydrogens (tertiary/aromatic N) is 13. The first-order valence-electron chi connectivity index (χ1n) is 33.1. The molecule has 16 rings (SSSR count). The van der Waals surface area contributed by atoms with Gasteiger partial charge in [-0.2, -0.15) is 0 Å². The molecule has 0 amide bonds. The number of nitrogen functional groups attached to an aromatic ring is 2. The molecule has 0 spiro atoms. The van der Waals surface area contributed by atoms with Gasteiger partial charge >= 0.3 is 0 Å². The molecule has 0 aliphatic carbocycles. The fourth-order valence-corrected chi connectivity index (χ4v) is 12.1. The van der Waals surface area contributed by atoms with E-state index < -0.39 is 5.82 Å². The number of pyridine rings is 8. The molecule has 0 saturated heterocycles. The van der Waals surface area contributed by atoms with Crippen LogP contribution in [0.1, 0.15) is 106 Å². The van der Waals surface area contributed by atoms with E-state index in [1.807, 2.05) is 107 Å². The summed E-state index contributed by atoms with van der Waals surface area (Å²) in [5.74, 6) is 2.54. The summed E-state index contributed by atoms with van der Waals surface area (Å²) in [6.45, 7) is 25.9. The molecule has 0 aliphatic rings. The highest BCUT2D eigenvalue weighted by Crippen LogP contribution is 2.34. The normalized spacial score (nSPS) is 12.1. The van der Waals surface area contributed by atoms with Gasteiger partial charge in [-0.1, -0.05) is 107 Å². The maximum Gasteiger partial charge on any atom is 0.146 e. The van der Waals surface area contributed by atoms with Crippen molar-refractivity contribution in [1.82, 2.24) is 58.1 Å². The van der Waals surface area contributed by atoms with Crippen LogP contribution >= 0.6 is 0 Å². The van der Waals surface area contributed by atoms with Gasteiger partial charge in [-0.3, -0.25) is 38.2 Å². The first kappa shape index (κ1) is 66.2. The van der Waals surface area contributed by atoms with E-state index in [4.69, 9.17) is 11.5 Å². The van der Waals surface area contributed by atoms with Crippen LogP contribution in [0.3, 0.4) is 0 Å². The fourth-order valence-electron chi connectivity index (χ4n) is 12.1. The third kappa shape index (κ3) is 13.4. The third-order valence-corrected chi connectivity index (χ3v) is 17.9. The number of hydrogen-bond acceptors (Lipinski definition) is 11. The van der Waals surface area contributed by atoms with Crippen molar-refractivity contribution in [3.63, 3.8) is 0 Å². The summed E-state index contributed by atoms with van der Waals surface area (Å²) in [6.07, 6.45) is 23.0. The Morgan fingerprint density at radius 1 is 0.323 bits per heavy atom. The lowest BCUT2D eigenvalue weighted by atomic mass is 9.91. The second kappa shape index (κ2) is 25.5. The zero-order valence-corrected chi connectivity index (χ0v) is 58.4. The van der Waals surface area contributed by atoms with Gasteiger partial charge in [0.05, 0.1) is 52.5 Å². The molecule has 0 fully saturated rings. The summed E-state index contributed by atoms with van der Waals surface area (Å²) in [7, 11) is 4.13. The summed E-state index contributed by atoms with van der Waals surface area (Å²) in [5.41, 5.74) is 22.5. The number of fused-ring (bicyclic) bond motifs is 8. The predicted molar refractivity (Wildman–Crippen MR) is 403 cm³/mol. The smallest absolute Gasteiger partial charge is 0.146 e. The van der Waals surface area contributed by atoms with Crippen LogP contribution in [0.4, 0.5) is 25.8 Å². The van der Waals surface area contributed by atoms with Crippen molar-refractivity contribution in [2.24, 2.45) is 0 Å². The second-order valence-corrected chi connectivity index (χ2v) is 29.6. The minimum atomic E-state index is -0.418. The van der Waals surface area contributed by atoms with E-state index in [0.29, 0.717) is 11.2 Å². The Bertz CT molecular complexity index is 5730. The molecule has 4 N–H and O–H groups in total. The molecule has 99 heavy (non-hydrogen) atoms. The van der Waals surface area contributed by atoms with Crippen molar-refractivity contribution >= 4 is 104 Å². The second-order valence-electron chi connectivity index (χ2n) is 29.6. The predicted octanol–water partition coefficient (Wildman–Crippen LogP) is 19.0. The van der Waals surface area contributed by atoms with Crippen LogP contribution in [-0.4, -0.2) is 72.2 Å². The third-order valence-electron chi connectivity index (χ3n) is 17.9. The fraction of sp³-hybridized carbons (Fsp3) is 0.220. The van der Waals surface area contributed by atoms with Crippen molar-refractivity contribution < 1.29 is 8.78 Å². The molecule has 15 nitrogen and oxygen atoms in total. The van der Waals surface area contributed by atoms with Gasteiger partial charge < -0.3 is 16.4 Å². The lowest BCUT2D eigenvalue weighted by Gasteiger charge is -2.18. The maximum atomic E-state index is 13.8. The molecule has 4 aromatic carbocycles. The van der Waals surface area contributed by atoms with Crippen molar-refractivity contribution in [3.8, 4) is 23.3 Å². The Hall–Kier alpha value is -11.5. The number of hydrogen-bond donors (Lipinski definition) is 2. The van der Waals surface area contributed by atoms with E-state index in [2.05, 4.69) is 224 Å². The average Bonchev–Trinajstić information content (AvgIpc) is 1.74. The van der Waals surface area contributed by atoms with Crippen molar-refractivity contribution in [3.05, 3.63) is 248 Å². The molecule has 0 radical (unpaired) electrons. The molecule has 498 valence electrons. The van der Waals surface area contributed by atoms with Gasteiger partial charge in [0.2, 0.25) is 0 Å². The SMILES string of the molecule is CC(C)(C)c1cc2ccn(-c3cc4c(N)c(F)ccc4cn3)c2cn1.CC(C)(C)c1cc2ccn(-c3cc4c(N)cccc4cn3)c2cn1.CC(C)(C)c1cc2ccn(-c3cc4cc(F)ccc4cn3)c2cn1.CN(C)c1cccc2cnc(-n3ccc4cc(C(C)(C)C)ncc43)cc12. The number of rotatable bonds is 5. The summed E-state index contributed by atoms with van der Waals surface area (Å²) in [4.78, 5) is 39.0. The molecule has 0 unspecified atom stereocenters. The van der Waals surface area contributed by atoms with E-state index in [0.717, 1.165) is 116 Å². The number of halogens is 2. The first-order valence-corrected chi connectivity index (χ1v) is 33.1. The Morgan fingerprint density at radius 2 is 0.677 bits per heavy atom. The molecule has 16 aromatic rings. The molecule has 12 heterocycles. The van der Waals surface area contributed by atoms with Crippen molar-refractivity contribution in [2.75, 3.05) is 30.5 Å². The van der Waals surface area contributed by atoms with Gasteiger partial charge in [0.15, 0.2) is 0 Å². The zero-order valence-electron chi connectivity index (χ0n) is 58.4. The highest BCUT2D eigenvalue weighted by atomic mass is 19.1. The number of benzene rings is 4. The standard InChI is InChI=1S/C22H24N4.C20H19FN4.C20H18FN3.C20H20N4/c1-22(2,3)20-11-15-9-10-26(19(15)14-23-20)21-12-17-16(13-24-21)7-6-8-18(17)25(4)5;1-20(2,3)17-8-12-6-7-25(16(12)11-23-17)18-9-14-13(10-24-18)4-5-15(21)19(14)22;1-20(2,3)18-9-13-6-7-24(17(13)12-22-18)19-10-15-8-16(21)5-4-14(15)11-23-19;1-20(2,3)18-9-13-7-8-24(17(13)12-22-18)19-10-15-14(11-23-19)5-4-6-16(15)21/h6-14H,1-5H3;4-11H,22H2,1-3H3;4-12H,1-3H3;4-12H,21H2,1-3H3. The van der Waals surface area contributed by atoms with E-state index in [1.54, 1.807) is 24.5 Å². The summed E-state index contributed by atoms with van der Waals surface area (Å²) in [5, 5.41) is 12.2. The Kier molecular flexibility index (Phi) is 17.1. The van der Waals surface area contributed by atoms with E-state index >= 15 is 0 Å². The van der Waals surface area contributed by atoms with E-state index in [9.17, 15) is 8.78 Å². The maximum absolute atomic E-state index is 13.8. The van der Waals surface area contributed by atoms with Crippen LogP contribution in [0.15, 0.2) is 214 Å². The lowest BCUT2D eigenvalue weighted by Crippen LogP contribution is -2.13. The summed E-state index contributed by atoms with van der Waals surface area (Å²) >= 11 is 0. The average molecular weight is 1310 g/mol. The Balaban J connectivity index is 0.000000119. The van der Waals surface area contributed by atoms with Crippen LogP contribution in [0, 0.1) is 11.6 Å². The van der Waals surface area contributed by atoms with Gasteiger partial charge in [-0.15, -0.1) is 0 Å². The zero-order chi connectivity index (χ0) is 70.0. The van der Waals surface area contributed by atoms with Crippen molar-refractivity contribution in [2.45, 2.75) is 105 Å². The largest absolute Gasteiger partial charge is 0.398 e. The van der Waals surface area contributed by atoms with Crippen LogP contribution in [-0.2, 0) is 21.7 Å². The summed E-state index contributed by atoms with van der Waals surface area (Å²) in [6, 6.07) is 44.7. The summed E-state index contributed by atoms with van der Waals surface area (Å²) < 4.78 is 35.3. The minimum Gasteiger partial charge on any atom is -0.398 e. The van der Waals surface area contributed by atoms with Gasteiger partial charge in [0.25, 0.3) is 0 Å². The highest BCUT2D eigenvalue weighted by molar-refractivity contribution is 5.97. The topological polar surface area (TPSA) is 178 Å². The Morgan fingerprint density at radius 3 is 1.09 bits per heavy atom. The Labute approximate surface area is 574 Å². The molecule has 12 aromatic heterocycles. The minimum absolute atomic E-state index is 0.00894. The highest BCUT2D eigenvalue weighted by Gasteiger charge is 2.22. The molecular formula is C82H81F2N15. The number of anilines is 3. The molecule has 17 heteroatoms. The van der Waals surface area contributed by atoms with E-state index in [1.165, 1.54) is 34.7 Å². The first-order chi connectivity index (χ1) is 47.0. The van der Waals surface area contributed by atoms with Gasteiger partial charge in [0, 0.05) is 179 Å².